The number of piperidine rings is 1. The minimum atomic E-state index is 0.282. The van der Waals surface area contributed by atoms with Gasteiger partial charge in [-0.05, 0) is 18.4 Å². The second-order valence-electron chi connectivity index (χ2n) is 5.39. The van der Waals surface area contributed by atoms with Gasteiger partial charge in [-0.3, -0.25) is 4.90 Å². The van der Waals surface area contributed by atoms with Crippen molar-refractivity contribution in [1.29, 1.82) is 0 Å². The van der Waals surface area contributed by atoms with E-state index in [0.29, 0.717) is 17.9 Å². The normalized spacial score (nSPS) is 17.0. The molecule has 0 bridgehead atoms. The fraction of sp³-hybridized carbons (Fsp3) is 0.467. The lowest BCUT2D eigenvalue weighted by Gasteiger charge is -2.31. The quantitative estimate of drug-likeness (QED) is 0.869. The van der Waals surface area contributed by atoms with Crippen molar-refractivity contribution in [3.63, 3.8) is 0 Å². The summed E-state index contributed by atoms with van der Waals surface area (Å²) in [5, 5.41) is 11.1. The highest BCUT2D eigenvalue weighted by atomic mass is 16.4. The van der Waals surface area contributed by atoms with Gasteiger partial charge < -0.3 is 15.5 Å². The summed E-state index contributed by atoms with van der Waals surface area (Å²) in [7, 11) is 0. The summed E-state index contributed by atoms with van der Waals surface area (Å²) in [5.41, 5.74) is 6.83. The smallest absolute Gasteiger partial charge is 0.315 e. The molecule has 21 heavy (non-hydrogen) atoms. The Hall–Kier alpha value is -1.92. The van der Waals surface area contributed by atoms with E-state index in [-0.39, 0.29) is 6.54 Å². The molecule has 0 atom stereocenters. The molecule has 2 aromatic rings. The Morgan fingerprint density at radius 2 is 1.95 bits per heavy atom. The zero-order valence-electron chi connectivity index (χ0n) is 12.0. The summed E-state index contributed by atoms with van der Waals surface area (Å²) >= 11 is 0. The van der Waals surface area contributed by atoms with Crippen LogP contribution in [0.25, 0.3) is 0 Å². The van der Waals surface area contributed by atoms with Crippen LogP contribution in [0.2, 0.25) is 0 Å². The van der Waals surface area contributed by atoms with Crippen molar-refractivity contribution in [1.82, 2.24) is 15.1 Å². The van der Waals surface area contributed by atoms with Crippen LogP contribution in [0.3, 0.4) is 0 Å². The Labute approximate surface area is 124 Å². The third-order valence-corrected chi connectivity index (χ3v) is 3.81. The summed E-state index contributed by atoms with van der Waals surface area (Å²) in [6.07, 6.45) is 2.15. The third kappa shape index (κ3) is 3.80. The van der Waals surface area contributed by atoms with Gasteiger partial charge in [0, 0.05) is 25.7 Å². The number of nitrogens with one attached hydrogen (secondary N) is 1. The minimum absolute atomic E-state index is 0.282. The van der Waals surface area contributed by atoms with Crippen molar-refractivity contribution in [2.24, 2.45) is 5.73 Å². The Kier molecular flexibility index (Phi) is 4.47. The molecule has 1 aliphatic rings. The largest absolute Gasteiger partial charge is 0.407 e. The van der Waals surface area contributed by atoms with Crippen LogP contribution in [-0.4, -0.2) is 34.2 Å². The number of nitrogens with zero attached hydrogens (tertiary/aromatic N) is 3. The molecule has 6 heteroatoms. The van der Waals surface area contributed by atoms with Crippen LogP contribution < -0.4 is 11.1 Å². The topological polar surface area (TPSA) is 80.2 Å². The first-order valence-electron chi connectivity index (χ1n) is 7.39. The van der Waals surface area contributed by atoms with Crippen molar-refractivity contribution < 1.29 is 4.42 Å². The average Bonchev–Trinajstić information content (AvgIpc) is 2.98. The number of rotatable bonds is 5. The molecule has 6 nitrogen and oxygen atoms in total. The van der Waals surface area contributed by atoms with Gasteiger partial charge >= 0.3 is 6.01 Å². The van der Waals surface area contributed by atoms with Crippen LogP contribution in [0.4, 0.5) is 6.01 Å². The zero-order chi connectivity index (χ0) is 14.5. The molecule has 1 fully saturated rings. The SMILES string of the molecule is NCc1nnc(NC2CCN(Cc3ccccc3)CC2)o1. The Morgan fingerprint density at radius 3 is 2.62 bits per heavy atom. The Balaban J connectivity index is 1.46. The van der Waals surface area contributed by atoms with Gasteiger partial charge in [-0.15, -0.1) is 5.10 Å². The molecule has 0 aliphatic carbocycles. The van der Waals surface area contributed by atoms with E-state index in [2.05, 4.69) is 50.7 Å². The predicted molar refractivity (Wildman–Crippen MR) is 80.6 cm³/mol. The summed E-state index contributed by atoms with van der Waals surface area (Å²) in [6, 6.07) is 11.5. The fourth-order valence-corrected chi connectivity index (χ4v) is 2.65. The second-order valence-corrected chi connectivity index (χ2v) is 5.39. The third-order valence-electron chi connectivity index (χ3n) is 3.81. The molecule has 0 radical (unpaired) electrons. The van der Waals surface area contributed by atoms with Crippen LogP contribution >= 0.6 is 0 Å². The monoisotopic (exact) mass is 287 g/mol. The molecule has 0 spiro atoms. The van der Waals surface area contributed by atoms with Gasteiger partial charge in [-0.2, -0.15) is 0 Å². The standard InChI is InChI=1S/C15H21N5O/c16-10-14-18-19-15(21-14)17-13-6-8-20(9-7-13)11-12-4-2-1-3-5-12/h1-5,13H,6-11,16H2,(H,17,19). The number of hydrogen-bond acceptors (Lipinski definition) is 6. The number of anilines is 1. The summed E-state index contributed by atoms with van der Waals surface area (Å²) in [6.45, 7) is 3.45. The molecule has 0 unspecified atom stereocenters. The Morgan fingerprint density at radius 1 is 1.19 bits per heavy atom. The van der Waals surface area contributed by atoms with E-state index in [1.54, 1.807) is 0 Å². The lowest BCUT2D eigenvalue weighted by molar-refractivity contribution is 0.210. The Bertz CT molecular complexity index is 548. The van der Waals surface area contributed by atoms with E-state index < -0.39 is 0 Å². The molecule has 3 N–H and O–H groups in total. The van der Waals surface area contributed by atoms with Gasteiger partial charge in [0.25, 0.3) is 0 Å². The summed E-state index contributed by atoms with van der Waals surface area (Å²) in [5.74, 6) is 0.471. The van der Waals surface area contributed by atoms with Crippen molar-refractivity contribution in [2.75, 3.05) is 18.4 Å². The predicted octanol–water partition coefficient (Wildman–Crippen LogP) is 1.60. The van der Waals surface area contributed by atoms with E-state index >= 15 is 0 Å². The van der Waals surface area contributed by atoms with E-state index in [4.69, 9.17) is 10.2 Å². The molecule has 112 valence electrons. The van der Waals surface area contributed by atoms with Gasteiger partial charge in [0.1, 0.15) is 0 Å². The highest BCUT2D eigenvalue weighted by Gasteiger charge is 2.20. The maximum Gasteiger partial charge on any atom is 0.315 e. The van der Waals surface area contributed by atoms with Gasteiger partial charge in [0.2, 0.25) is 5.89 Å². The summed E-state index contributed by atoms with van der Waals surface area (Å²) < 4.78 is 5.39. The van der Waals surface area contributed by atoms with E-state index in [1.165, 1.54) is 5.56 Å². The van der Waals surface area contributed by atoms with Gasteiger partial charge in [0.15, 0.2) is 0 Å². The zero-order valence-corrected chi connectivity index (χ0v) is 12.0. The molecular formula is C15H21N5O. The van der Waals surface area contributed by atoms with E-state index in [0.717, 1.165) is 32.5 Å². The fourth-order valence-electron chi connectivity index (χ4n) is 2.65. The number of likely N-dealkylation sites (tertiary alicyclic amines) is 1. The molecule has 1 aromatic carbocycles. The number of benzene rings is 1. The highest BCUT2D eigenvalue weighted by Crippen LogP contribution is 2.17. The van der Waals surface area contributed by atoms with Crippen LogP contribution in [0.15, 0.2) is 34.7 Å². The van der Waals surface area contributed by atoms with Crippen molar-refractivity contribution in [3.8, 4) is 0 Å². The van der Waals surface area contributed by atoms with Crippen molar-refractivity contribution in [2.45, 2.75) is 32.0 Å². The highest BCUT2D eigenvalue weighted by molar-refractivity contribution is 5.20. The lowest BCUT2D eigenvalue weighted by atomic mass is 10.0. The van der Waals surface area contributed by atoms with Crippen LogP contribution in [0.1, 0.15) is 24.3 Å². The number of aromatic nitrogens is 2. The first-order valence-corrected chi connectivity index (χ1v) is 7.39. The molecular weight excluding hydrogens is 266 g/mol. The molecule has 1 saturated heterocycles. The van der Waals surface area contributed by atoms with Gasteiger partial charge in [0.05, 0.1) is 6.54 Å². The number of hydrogen-bond donors (Lipinski definition) is 2. The first kappa shape index (κ1) is 14.0. The molecule has 1 aliphatic heterocycles. The molecule has 0 saturated carbocycles. The molecule has 1 aromatic heterocycles. The van der Waals surface area contributed by atoms with E-state index in [1.807, 2.05) is 0 Å². The molecule has 0 amide bonds. The van der Waals surface area contributed by atoms with Gasteiger partial charge in [-0.1, -0.05) is 35.4 Å². The second kappa shape index (κ2) is 6.69. The lowest BCUT2D eigenvalue weighted by Crippen LogP contribution is -2.38. The first-order chi connectivity index (χ1) is 10.3. The molecule has 2 heterocycles. The maximum absolute atomic E-state index is 5.46. The van der Waals surface area contributed by atoms with Crippen molar-refractivity contribution >= 4 is 6.01 Å². The van der Waals surface area contributed by atoms with E-state index in [9.17, 15) is 0 Å². The van der Waals surface area contributed by atoms with Crippen LogP contribution in [0, 0.1) is 0 Å². The van der Waals surface area contributed by atoms with Crippen molar-refractivity contribution in [3.05, 3.63) is 41.8 Å². The minimum Gasteiger partial charge on any atom is -0.407 e. The van der Waals surface area contributed by atoms with Crippen LogP contribution in [-0.2, 0) is 13.1 Å². The average molecular weight is 287 g/mol. The number of nitrogens with two attached hydrogens (primary N) is 1. The van der Waals surface area contributed by atoms with Gasteiger partial charge in [-0.25, -0.2) is 0 Å². The molecule has 3 rings (SSSR count). The maximum atomic E-state index is 5.46. The summed E-state index contributed by atoms with van der Waals surface area (Å²) in [4.78, 5) is 2.48. The van der Waals surface area contributed by atoms with Crippen LogP contribution in [0.5, 0.6) is 0 Å².